The molecule has 4 nitrogen and oxygen atoms in total. The van der Waals surface area contributed by atoms with E-state index >= 15 is 0 Å². The molecule has 0 aliphatic carbocycles. The first-order valence-corrected chi connectivity index (χ1v) is 7.21. The molecule has 0 aromatic heterocycles. The van der Waals surface area contributed by atoms with Gasteiger partial charge in [-0.2, -0.15) is 4.31 Å². The molecule has 0 saturated carbocycles. The largest absolute Gasteiger partial charge is 0.383 e. The molecular weight excluding hydrogens is 238 g/mol. The van der Waals surface area contributed by atoms with Crippen molar-refractivity contribution < 1.29 is 13.2 Å². The highest BCUT2D eigenvalue weighted by Gasteiger charge is 2.19. The first-order valence-electron chi connectivity index (χ1n) is 5.61. The maximum absolute atomic E-state index is 11.9. The third-order valence-electron chi connectivity index (χ3n) is 2.50. The van der Waals surface area contributed by atoms with Gasteiger partial charge in [0.2, 0.25) is 10.0 Å². The van der Waals surface area contributed by atoms with Gasteiger partial charge in [0.05, 0.1) is 12.4 Å². The average Bonchev–Trinajstić information content (AvgIpc) is 2.35. The second-order valence-electron chi connectivity index (χ2n) is 3.71. The van der Waals surface area contributed by atoms with Crippen molar-refractivity contribution in [3.05, 3.63) is 35.9 Å². The molecule has 0 fully saturated rings. The van der Waals surface area contributed by atoms with Crippen LogP contribution >= 0.6 is 0 Å². The summed E-state index contributed by atoms with van der Waals surface area (Å²) in [5.41, 5.74) is 0.987. The number of rotatable bonds is 7. The first-order chi connectivity index (χ1) is 8.10. The molecule has 5 heteroatoms. The normalized spacial score (nSPS) is 11.9. The molecule has 0 aliphatic heterocycles. The Balaban J connectivity index is 2.78. The lowest BCUT2D eigenvalue weighted by atomic mass is 10.2. The van der Waals surface area contributed by atoms with Crippen molar-refractivity contribution in [1.29, 1.82) is 0 Å². The van der Waals surface area contributed by atoms with E-state index in [1.165, 1.54) is 4.31 Å². The molecule has 96 valence electrons. The number of benzene rings is 1. The Morgan fingerprint density at radius 1 is 1.24 bits per heavy atom. The molecule has 0 amide bonds. The zero-order valence-corrected chi connectivity index (χ0v) is 11.1. The summed E-state index contributed by atoms with van der Waals surface area (Å²) in [6.45, 7) is 2.86. The maximum Gasteiger partial charge on any atom is 0.214 e. The number of hydrogen-bond acceptors (Lipinski definition) is 3. The Kier molecular flexibility index (Phi) is 5.61. The molecule has 0 unspecified atom stereocenters. The summed E-state index contributed by atoms with van der Waals surface area (Å²) in [6, 6.07) is 9.57. The first kappa shape index (κ1) is 14.2. The van der Waals surface area contributed by atoms with E-state index in [-0.39, 0.29) is 5.75 Å². The monoisotopic (exact) mass is 257 g/mol. The highest BCUT2D eigenvalue weighted by Crippen LogP contribution is 2.09. The lowest BCUT2D eigenvalue weighted by Gasteiger charge is -2.21. The van der Waals surface area contributed by atoms with Crippen LogP contribution in [0.15, 0.2) is 30.3 Å². The lowest BCUT2D eigenvalue weighted by Crippen LogP contribution is -2.34. The van der Waals surface area contributed by atoms with Gasteiger partial charge in [0, 0.05) is 20.2 Å². The second kappa shape index (κ2) is 6.74. The van der Waals surface area contributed by atoms with Gasteiger partial charge in [0.15, 0.2) is 0 Å². The van der Waals surface area contributed by atoms with Gasteiger partial charge in [-0.1, -0.05) is 30.3 Å². The summed E-state index contributed by atoms with van der Waals surface area (Å²) in [6.07, 6.45) is 0. The zero-order valence-electron chi connectivity index (χ0n) is 10.3. The maximum atomic E-state index is 11.9. The smallest absolute Gasteiger partial charge is 0.214 e. The zero-order chi connectivity index (χ0) is 12.7. The number of ether oxygens (including phenoxy) is 1. The van der Waals surface area contributed by atoms with E-state index in [0.717, 1.165) is 5.56 Å². The Bertz CT molecular complexity index is 417. The van der Waals surface area contributed by atoms with E-state index in [1.807, 2.05) is 30.3 Å². The molecule has 1 rings (SSSR count). The van der Waals surface area contributed by atoms with E-state index in [0.29, 0.717) is 19.7 Å². The Morgan fingerprint density at radius 3 is 2.41 bits per heavy atom. The second-order valence-corrected chi connectivity index (χ2v) is 5.97. The van der Waals surface area contributed by atoms with E-state index < -0.39 is 10.0 Å². The van der Waals surface area contributed by atoms with Gasteiger partial charge in [-0.05, 0) is 12.5 Å². The Morgan fingerprint density at radius 2 is 1.88 bits per heavy atom. The Hall–Kier alpha value is -0.910. The standard InChI is InChI=1S/C12H19NO3S/c1-3-17(14,15)13(9-10-16-2)11-12-7-5-4-6-8-12/h4-8H,3,9-11H2,1-2H3. The third-order valence-corrected chi connectivity index (χ3v) is 4.33. The number of methoxy groups -OCH3 is 1. The van der Waals surface area contributed by atoms with Crippen LogP contribution in [-0.2, 0) is 21.3 Å². The summed E-state index contributed by atoms with van der Waals surface area (Å²) < 4.78 is 30.2. The number of sulfonamides is 1. The highest BCUT2D eigenvalue weighted by molar-refractivity contribution is 7.89. The van der Waals surface area contributed by atoms with Crippen LogP contribution in [-0.4, -0.2) is 38.7 Å². The summed E-state index contributed by atoms with van der Waals surface area (Å²) in [7, 11) is -1.61. The predicted octanol–water partition coefficient (Wildman–Crippen LogP) is 1.48. The molecule has 0 atom stereocenters. The molecule has 0 saturated heterocycles. The van der Waals surface area contributed by atoms with Crippen molar-refractivity contribution in [3.63, 3.8) is 0 Å². The average molecular weight is 257 g/mol. The van der Waals surface area contributed by atoms with Gasteiger partial charge in [-0.25, -0.2) is 8.42 Å². The van der Waals surface area contributed by atoms with Gasteiger partial charge in [0.25, 0.3) is 0 Å². The van der Waals surface area contributed by atoms with Crippen LogP contribution in [0.4, 0.5) is 0 Å². The van der Waals surface area contributed by atoms with Gasteiger partial charge in [-0.3, -0.25) is 0 Å². The van der Waals surface area contributed by atoms with Crippen molar-refractivity contribution in [1.82, 2.24) is 4.31 Å². The minimum absolute atomic E-state index is 0.115. The number of hydrogen-bond donors (Lipinski definition) is 0. The van der Waals surface area contributed by atoms with Crippen LogP contribution in [0.3, 0.4) is 0 Å². The van der Waals surface area contributed by atoms with Crippen LogP contribution in [0, 0.1) is 0 Å². The summed E-state index contributed by atoms with van der Waals surface area (Å²) >= 11 is 0. The van der Waals surface area contributed by atoms with Gasteiger partial charge < -0.3 is 4.74 Å². The van der Waals surface area contributed by atoms with Crippen LogP contribution < -0.4 is 0 Å². The predicted molar refractivity (Wildman–Crippen MR) is 68.2 cm³/mol. The Labute approximate surface area is 103 Å². The molecular formula is C12H19NO3S. The molecule has 0 N–H and O–H groups in total. The van der Waals surface area contributed by atoms with Crippen molar-refractivity contribution in [3.8, 4) is 0 Å². The van der Waals surface area contributed by atoms with Crippen LogP contribution in [0.1, 0.15) is 12.5 Å². The van der Waals surface area contributed by atoms with E-state index in [4.69, 9.17) is 4.74 Å². The third kappa shape index (κ3) is 4.46. The molecule has 0 aliphatic rings. The molecule has 0 radical (unpaired) electrons. The molecule has 0 heterocycles. The minimum Gasteiger partial charge on any atom is -0.383 e. The molecule has 17 heavy (non-hydrogen) atoms. The summed E-state index contributed by atoms with van der Waals surface area (Å²) in [4.78, 5) is 0. The quantitative estimate of drug-likeness (QED) is 0.743. The van der Waals surface area contributed by atoms with Gasteiger partial charge >= 0.3 is 0 Å². The topological polar surface area (TPSA) is 46.6 Å². The van der Waals surface area contributed by atoms with Crippen molar-refractivity contribution in [2.45, 2.75) is 13.5 Å². The number of nitrogens with zero attached hydrogens (tertiary/aromatic N) is 1. The SMILES string of the molecule is CCS(=O)(=O)N(CCOC)Cc1ccccc1. The van der Waals surface area contributed by atoms with E-state index in [1.54, 1.807) is 14.0 Å². The van der Waals surface area contributed by atoms with E-state index in [9.17, 15) is 8.42 Å². The van der Waals surface area contributed by atoms with Crippen molar-refractivity contribution >= 4 is 10.0 Å². The molecule has 0 spiro atoms. The fraction of sp³-hybridized carbons (Fsp3) is 0.500. The molecule has 0 bridgehead atoms. The highest BCUT2D eigenvalue weighted by atomic mass is 32.2. The van der Waals surface area contributed by atoms with Crippen molar-refractivity contribution in [2.75, 3.05) is 26.0 Å². The minimum atomic E-state index is -3.18. The van der Waals surface area contributed by atoms with Crippen LogP contribution in [0.25, 0.3) is 0 Å². The van der Waals surface area contributed by atoms with Crippen molar-refractivity contribution in [2.24, 2.45) is 0 Å². The van der Waals surface area contributed by atoms with Crippen LogP contribution in [0.5, 0.6) is 0 Å². The summed E-state index contributed by atoms with van der Waals surface area (Å²) in [5.74, 6) is 0.115. The molecule has 1 aromatic carbocycles. The fourth-order valence-corrected chi connectivity index (χ4v) is 2.54. The molecule has 1 aromatic rings. The fourth-order valence-electron chi connectivity index (χ4n) is 1.48. The summed E-state index contributed by atoms with van der Waals surface area (Å²) in [5, 5.41) is 0. The van der Waals surface area contributed by atoms with Crippen LogP contribution in [0.2, 0.25) is 0 Å². The van der Waals surface area contributed by atoms with Gasteiger partial charge in [0.1, 0.15) is 0 Å². The van der Waals surface area contributed by atoms with Gasteiger partial charge in [-0.15, -0.1) is 0 Å². The van der Waals surface area contributed by atoms with E-state index in [2.05, 4.69) is 0 Å². The lowest BCUT2D eigenvalue weighted by molar-refractivity contribution is 0.177.